The quantitative estimate of drug-likeness (QED) is 0.838. The molecule has 2 rings (SSSR count). The molecule has 0 unspecified atom stereocenters. The summed E-state index contributed by atoms with van der Waals surface area (Å²) in [7, 11) is 1.60. The van der Waals surface area contributed by atoms with E-state index in [1.807, 2.05) is 11.8 Å². The van der Waals surface area contributed by atoms with E-state index in [2.05, 4.69) is 10.2 Å². The lowest BCUT2D eigenvalue weighted by Crippen LogP contribution is -2.51. The molecule has 6 nitrogen and oxygen atoms in total. The van der Waals surface area contributed by atoms with Crippen molar-refractivity contribution in [3.05, 3.63) is 29.8 Å². The number of methoxy groups -OCH3 is 1. The van der Waals surface area contributed by atoms with E-state index >= 15 is 0 Å². The van der Waals surface area contributed by atoms with Gasteiger partial charge in [0.15, 0.2) is 0 Å². The topological polar surface area (TPSA) is 61.9 Å². The van der Waals surface area contributed by atoms with Gasteiger partial charge in [0.2, 0.25) is 5.91 Å². The Morgan fingerprint density at radius 1 is 1.12 bits per heavy atom. The number of carbonyl (C=O) groups is 2. The maximum absolute atomic E-state index is 12.5. The molecule has 1 heterocycles. The Labute approximate surface area is 149 Å². The molecule has 1 N–H and O–H groups in total. The molecule has 0 aliphatic carbocycles. The van der Waals surface area contributed by atoms with Crippen molar-refractivity contribution < 1.29 is 14.3 Å². The van der Waals surface area contributed by atoms with Gasteiger partial charge >= 0.3 is 0 Å². The van der Waals surface area contributed by atoms with E-state index in [1.54, 1.807) is 31.4 Å². The minimum absolute atomic E-state index is 0. The summed E-state index contributed by atoms with van der Waals surface area (Å²) in [6.45, 7) is 5.89. The molecule has 1 aliphatic rings. The lowest BCUT2D eigenvalue weighted by Gasteiger charge is -2.34. The summed E-state index contributed by atoms with van der Waals surface area (Å²) in [6, 6.07) is 7.15. The molecule has 1 aromatic carbocycles. The van der Waals surface area contributed by atoms with Crippen LogP contribution in [-0.2, 0) is 4.79 Å². The third kappa shape index (κ3) is 5.69. The smallest absolute Gasteiger partial charge is 0.253 e. The molecule has 1 saturated heterocycles. The number of nitrogens with zero attached hydrogens (tertiary/aromatic N) is 2. The van der Waals surface area contributed by atoms with Gasteiger partial charge in [0.1, 0.15) is 5.75 Å². The van der Waals surface area contributed by atoms with E-state index in [1.165, 1.54) is 0 Å². The van der Waals surface area contributed by atoms with Crippen molar-refractivity contribution >= 4 is 24.2 Å². The molecule has 0 saturated carbocycles. The molecule has 2 amide bonds. The van der Waals surface area contributed by atoms with E-state index in [9.17, 15) is 9.59 Å². The summed E-state index contributed by atoms with van der Waals surface area (Å²) in [5.74, 6) is 0.828. The van der Waals surface area contributed by atoms with Crippen LogP contribution in [0.15, 0.2) is 24.3 Å². The first-order chi connectivity index (χ1) is 11.1. The van der Waals surface area contributed by atoms with Crippen LogP contribution >= 0.6 is 12.4 Å². The lowest BCUT2D eigenvalue weighted by atomic mass is 10.1. The van der Waals surface area contributed by atoms with Crippen molar-refractivity contribution in [3.63, 3.8) is 0 Å². The predicted molar refractivity (Wildman–Crippen MR) is 95.9 cm³/mol. The number of amides is 2. The summed E-state index contributed by atoms with van der Waals surface area (Å²) in [5.41, 5.74) is 0.667. The minimum atomic E-state index is 0. The van der Waals surface area contributed by atoms with E-state index in [-0.39, 0.29) is 24.2 Å². The maximum Gasteiger partial charge on any atom is 0.253 e. The van der Waals surface area contributed by atoms with Gasteiger partial charge in [-0.1, -0.05) is 6.92 Å². The Balaban J connectivity index is 0.00000288. The second-order valence-corrected chi connectivity index (χ2v) is 5.65. The fourth-order valence-corrected chi connectivity index (χ4v) is 2.55. The van der Waals surface area contributed by atoms with E-state index in [4.69, 9.17) is 4.74 Å². The number of rotatable bonds is 6. The Morgan fingerprint density at radius 2 is 1.75 bits per heavy atom. The highest BCUT2D eigenvalue weighted by Gasteiger charge is 2.23. The van der Waals surface area contributed by atoms with Crippen molar-refractivity contribution in [2.75, 3.05) is 46.4 Å². The second-order valence-electron chi connectivity index (χ2n) is 5.65. The van der Waals surface area contributed by atoms with Crippen molar-refractivity contribution in [2.24, 2.45) is 0 Å². The zero-order valence-corrected chi connectivity index (χ0v) is 15.1. The first-order valence-electron chi connectivity index (χ1n) is 8.06. The van der Waals surface area contributed by atoms with Gasteiger partial charge in [-0.15, -0.1) is 12.4 Å². The molecule has 1 fully saturated rings. The Hall–Kier alpha value is -1.79. The summed E-state index contributed by atoms with van der Waals surface area (Å²) in [6.07, 6.45) is 0.940. The molecule has 0 bridgehead atoms. The minimum Gasteiger partial charge on any atom is -0.497 e. The number of carbonyl (C=O) groups excluding carboxylic acids is 2. The zero-order chi connectivity index (χ0) is 16.7. The standard InChI is InChI=1S/C17H25N3O3.ClH/c1-3-8-18-16(21)13-19-9-11-20(12-10-19)17(22)14-4-6-15(23-2)7-5-14;/h4-7H,3,8-13H2,1-2H3,(H,18,21);1H. The molecule has 7 heteroatoms. The van der Waals surface area contributed by atoms with Crippen LogP contribution in [0.5, 0.6) is 5.75 Å². The SMILES string of the molecule is CCCNC(=O)CN1CCN(C(=O)c2ccc(OC)cc2)CC1.Cl. The average Bonchev–Trinajstić information content (AvgIpc) is 2.60. The summed E-state index contributed by atoms with van der Waals surface area (Å²) in [4.78, 5) is 28.1. The molecular weight excluding hydrogens is 330 g/mol. The molecule has 1 aliphatic heterocycles. The maximum atomic E-state index is 12.5. The molecular formula is C17H26ClN3O3. The van der Waals surface area contributed by atoms with E-state index in [0.29, 0.717) is 25.2 Å². The number of hydrogen-bond acceptors (Lipinski definition) is 4. The third-order valence-electron chi connectivity index (χ3n) is 3.94. The van der Waals surface area contributed by atoms with Crippen LogP contribution < -0.4 is 10.1 Å². The lowest BCUT2D eigenvalue weighted by molar-refractivity contribution is -0.122. The number of nitrogens with one attached hydrogen (secondary N) is 1. The monoisotopic (exact) mass is 355 g/mol. The van der Waals surface area contributed by atoms with Crippen molar-refractivity contribution in [2.45, 2.75) is 13.3 Å². The fourth-order valence-electron chi connectivity index (χ4n) is 2.55. The molecule has 1 aromatic rings. The highest BCUT2D eigenvalue weighted by Crippen LogP contribution is 2.14. The highest BCUT2D eigenvalue weighted by atomic mass is 35.5. The van der Waals surface area contributed by atoms with Gasteiger partial charge < -0.3 is 15.0 Å². The summed E-state index contributed by atoms with van der Waals surface area (Å²) in [5, 5.41) is 2.88. The number of benzene rings is 1. The van der Waals surface area contributed by atoms with Gasteiger partial charge in [-0.25, -0.2) is 0 Å². The predicted octanol–water partition coefficient (Wildman–Crippen LogP) is 1.40. The van der Waals surface area contributed by atoms with Crippen LogP contribution in [0.2, 0.25) is 0 Å². The van der Waals surface area contributed by atoms with Crippen molar-refractivity contribution in [1.82, 2.24) is 15.1 Å². The number of ether oxygens (including phenoxy) is 1. The van der Waals surface area contributed by atoms with Gasteiger partial charge in [0.25, 0.3) is 5.91 Å². The van der Waals surface area contributed by atoms with Gasteiger partial charge in [0.05, 0.1) is 13.7 Å². The highest BCUT2D eigenvalue weighted by molar-refractivity contribution is 5.94. The van der Waals surface area contributed by atoms with Crippen LogP contribution in [-0.4, -0.2) is 68.0 Å². The summed E-state index contributed by atoms with van der Waals surface area (Å²) < 4.78 is 5.10. The molecule has 0 radical (unpaired) electrons. The van der Waals surface area contributed by atoms with Crippen molar-refractivity contribution in [1.29, 1.82) is 0 Å². The van der Waals surface area contributed by atoms with E-state index < -0.39 is 0 Å². The third-order valence-corrected chi connectivity index (χ3v) is 3.94. The largest absolute Gasteiger partial charge is 0.497 e. The summed E-state index contributed by atoms with van der Waals surface area (Å²) >= 11 is 0. The molecule has 134 valence electrons. The first-order valence-corrected chi connectivity index (χ1v) is 8.06. The number of hydrogen-bond donors (Lipinski definition) is 1. The van der Waals surface area contributed by atoms with Gasteiger partial charge in [-0.05, 0) is 30.7 Å². The van der Waals surface area contributed by atoms with Gasteiger partial charge in [0, 0.05) is 38.3 Å². The number of piperazine rings is 1. The fraction of sp³-hybridized carbons (Fsp3) is 0.529. The normalized spacial score (nSPS) is 14.7. The van der Waals surface area contributed by atoms with Gasteiger partial charge in [-0.3, -0.25) is 14.5 Å². The van der Waals surface area contributed by atoms with Crippen LogP contribution in [0.4, 0.5) is 0 Å². The molecule has 0 atom stereocenters. The molecule has 24 heavy (non-hydrogen) atoms. The van der Waals surface area contributed by atoms with Crippen molar-refractivity contribution in [3.8, 4) is 5.75 Å². The van der Waals surface area contributed by atoms with Crippen LogP contribution in [0.1, 0.15) is 23.7 Å². The second kappa shape index (κ2) is 10.2. The van der Waals surface area contributed by atoms with Crippen LogP contribution in [0.25, 0.3) is 0 Å². The van der Waals surface area contributed by atoms with Gasteiger partial charge in [-0.2, -0.15) is 0 Å². The number of halogens is 1. The van der Waals surface area contributed by atoms with Crippen LogP contribution in [0.3, 0.4) is 0 Å². The average molecular weight is 356 g/mol. The first kappa shape index (κ1) is 20.3. The molecule has 0 spiro atoms. The van der Waals surface area contributed by atoms with E-state index in [0.717, 1.165) is 31.8 Å². The zero-order valence-electron chi connectivity index (χ0n) is 14.3. The van der Waals surface area contributed by atoms with Crippen LogP contribution in [0, 0.1) is 0 Å². The Bertz CT molecular complexity index is 528. The Kier molecular flexibility index (Phi) is 8.57. The Morgan fingerprint density at radius 3 is 2.29 bits per heavy atom. The molecule has 0 aromatic heterocycles.